The Hall–Kier alpha value is -1.17. The predicted molar refractivity (Wildman–Crippen MR) is 73.0 cm³/mol. The van der Waals surface area contributed by atoms with Crippen LogP contribution in [0.5, 0.6) is 0 Å². The molecule has 1 atom stereocenters. The molecule has 0 aliphatic carbocycles. The minimum Gasteiger partial charge on any atom is -0.388 e. The van der Waals surface area contributed by atoms with Gasteiger partial charge in [-0.3, -0.25) is 4.68 Å². The summed E-state index contributed by atoms with van der Waals surface area (Å²) in [4.78, 5) is 0. The molecular weight excluding hydrogens is 309 g/mol. The molecule has 2 rings (SSSR count). The highest BCUT2D eigenvalue weighted by Gasteiger charge is 2.20. The number of hydrogen-bond donors (Lipinski definition) is 1. The maximum absolute atomic E-state index is 13.7. The molecular formula is C13H12Cl2F2N2O. The maximum Gasteiger partial charge on any atom is 0.142 e. The van der Waals surface area contributed by atoms with Crippen LogP contribution < -0.4 is 0 Å². The molecule has 0 saturated carbocycles. The first-order chi connectivity index (χ1) is 9.31. The van der Waals surface area contributed by atoms with Gasteiger partial charge in [0.15, 0.2) is 0 Å². The Kier molecular flexibility index (Phi) is 4.32. The first-order valence-electron chi connectivity index (χ1n) is 5.81. The fraction of sp³-hybridized carbons (Fsp3) is 0.308. The third-order valence-electron chi connectivity index (χ3n) is 3.07. The van der Waals surface area contributed by atoms with Crippen molar-refractivity contribution in [2.24, 2.45) is 7.05 Å². The number of benzene rings is 1. The van der Waals surface area contributed by atoms with Crippen molar-refractivity contribution in [1.82, 2.24) is 9.78 Å². The first-order valence-corrected chi connectivity index (χ1v) is 6.57. The molecule has 1 N–H and O–H groups in total. The Bertz CT molecular complexity index is 658. The molecule has 108 valence electrons. The average Bonchev–Trinajstić information content (AvgIpc) is 2.60. The Balaban J connectivity index is 2.33. The molecule has 1 aromatic carbocycles. The van der Waals surface area contributed by atoms with Crippen LogP contribution in [0.25, 0.3) is 0 Å². The highest BCUT2D eigenvalue weighted by molar-refractivity contribution is 6.30. The number of nitrogens with zero attached hydrogens (tertiary/aromatic N) is 2. The molecule has 0 amide bonds. The molecule has 0 fully saturated rings. The number of rotatable bonds is 3. The number of aliphatic hydroxyl groups excluding tert-OH is 1. The Morgan fingerprint density at radius 2 is 1.95 bits per heavy atom. The SMILES string of the molecule is Cc1nn(C)c(Cl)c1CC(O)c1cc(F)c(Cl)cc1F. The second kappa shape index (κ2) is 5.68. The van der Waals surface area contributed by atoms with Gasteiger partial charge in [0.1, 0.15) is 16.8 Å². The van der Waals surface area contributed by atoms with Gasteiger partial charge in [0.05, 0.1) is 16.8 Å². The van der Waals surface area contributed by atoms with Gasteiger partial charge in [-0.1, -0.05) is 23.2 Å². The molecule has 20 heavy (non-hydrogen) atoms. The molecule has 0 bridgehead atoms. The molecule has 0 aliphatic rings. The third-order valence-corrected chi connectivity index (χ3v) is 3.83. The van der Waals surface area contributed by atoms with E-state index >= 15 is 0 Å². The Morgan fingerprint density at radius 3 is 2.50 bits per heavy atom. The minimum atomic E-state index is -1.23. The lowest BCUT2D eigenvalue weighted by molar-refractivity contribution is 0.173. The van der Waals surface area contributed by atoms with Crippen LogP contribution in [-0.4, -0.2) is 14.9 Å². The van der Waals surface area contributed by atoms with Crippen LogP contribution in [0.3, 0.4) is 0 Å². The van der Waals surface area contributed by atoms with Crippen LogP contribution in [0.4, 0.5) is 8.78 Å². The van der Waals surface area contributed by atoms with Crippen molar-refractivity contribution < 1.29 is 13.9 Å². The average molecular weight is 321 g/mol. The van der Waals surface area contributed by atoms with Crippen LogP contribution in [0.2, 0.25) is 10.2 Å². The minimum absolute atomic E-state index is 0.0382. The molecule has 1 unspecified atom stereocenters. The lowest BCUT2D eigenvalue weighted by Gasteiger charge is -2.12. The summed E-state index contributed by atoms with van der Waals surface area (Å²) < 4.78 is 28.5. The Labute approximate surface area is 124 Å². The second-order valence-corrected chi connectivity index (χ2v) is 5.25. The van der Waals surface area contributed by atoms with Crippen molar-refractivity contribution in [3.05, 3.63) is 50.8 Å². The van der Waals surface area contributed by atoms with Crippen molar-refractivity contribution in [2.75, 3.05) is 0 Å². The molecule has 7 heteroatoms. The Morgan fingerprint density at radius 1 is 1.30 bits per heavy atom. The highest BCUT2D eigenvalue weighted by Crippen LogP contribution is 2.29. The van der Waals surface area contributed by atoms with E-state index in [2.05, 4.69) is 5.10 Å². The molecule has 0 radical (unpaired) electrons. The third kappa shape index (κ3) is 2.80. The fourth-order valence-electron chi connectivity index (χ4n) is 2.00. The van der Waals surface area contributed by atoms with E-state index in [1.54, 1.807) is 14.0 Å². The number of halogens is 4. The summed E-state index contributed by atoms with van der Waals surface area (Å²) >= 11 is 11.5. The highest BCUT2D eigenvalue weighted by atomic mass is 35.5. The molecule has 0 aliphatic heterocycles. The summed E-state index contributed by atoms with van der Waals surface area (Å²) in [7, 11) is 1.66. The van der Waals surface area contributed by atoms with Crippen LogP contribution in [-0.2, 0) is 13.5 Å². The topological polar surface area (TPSA) is 38.0 Å². The molecule has 0 spiro atoms. The van der Waals surface area contributed by atoms with Crippen LogP contribution in [0.15, 0.2) is 12.1 Å². The zero-order valence-electron chi connectivity index (χ0n) is 10.8. The lowest BCUT2D eigenvalue weighted by atomic mass is 10.0. The zero-order chi connectivity index (χ0) is 15.0. The summed E-state index contributed by atoms with van der Waals surface area (Å²) in [5.41, 5.74) is 1.06. The van der Waals surface area contributed by atoms with Crippen molar-refractivity contribution in [3.8, 4) is 0 Å². The number of aromatic nitrogens is 2. The van der Waals surface area contributed by atoms with E-state index in [1.165, 1.54) is 4.68 Å². The van der Waals surface area contributed by atoms with Gasteiger partial charge in [-0.05, 0) is 19.1 Å². The summed E-state index contributed by atoms with van der Waals surface area (Å²) in [5, 5.41) is 14.2. The largest absolute Gasteiger partial charge is 0.388 e. The molecule has 1 aromatic heterocycles. The van der Waals surface area contributed by atoms with Crippen LogP contribution >= 0.6 is 23.2 Å². The van der Waals surface area contributed by atoms with Crippen molar-refractivity contribution in [1.29, 1.82) is 0 Å². The van der Waals surface area contributed by atoms with Gasteiger partial charge in [-0.15, -0.1) is 0 Å². The van der Waals surface area contributed by atoms with Crippen LogP contribution in [0, 0.1) is 18.6 Å². The fourth-order valence-corrected chi connectivity index (χ4v) is 2.40. The molecule has 0 saturated heterocycles. The number of hydrogen-bond acceptors (Lipinski definition) is 2. The zero-order valence-corrected chi connectivity index (χ0v) is 12.3. The van der Waals surface area contributed by atoms with Crippen molar-refractivity contribution in [3.63, 3.8) is 0 Å². The van der Waals surface area contributed by atoms with E-state index in [9.17, 15) is 13.9 Å². The smallest absolute Gasteiger partial charge is 0.142 e. The van der Waals surface area contributed by atoms with Gasteiger partial charge < -0.3 is 5.11 Å². The van der Waals surface area contributed by atoms with Gasteiger partial charge in [0, 0.05) is 24.6 Å². The van der Waals surface area contributed by atoms with E-state index < -0.39 is 17.7 Å². The first kappa shape index (κ1) is 15.2. The van der Waals surface area contributed by atoms with E-state index in [0.29, 0.717) is 16.4 Å². The van der Waals surface area contributed by atoms with E-state index in [-0.39, 0.29) is 17.0 Å². The van der Waals surface area contributed by atoms with E-state index in [4.69, 9.17) is 23.2 Å². The van der Waals surface area contributed by atoms with Gasteiger partial charge in [-0.2, -0.15) is 5.10 Å². The van der Waals surface area contributed by atoms with Gasteiger partial charge in [0.2, 0.25) is 0 Å². The summed E-state index contributed by atoms with van der Waals surface area (Å²) in [6, 6.07) is 1.73. The van der Waals surface area contributed by atoms with Crippen molar-refractivity contribution >= 4 is 23.2 Å². The van der Waals surface area contributed by atoms with Crippen LogP contribution in [0.1, 0.15) is 22.9 Å². The standard InChI is InChI=1S/C13H12Cl2F2N2O/c1-6-7(13(15)19(2)18-6)4-12(20)8-3-11(17)9(14)5-10(8)16/h3,5,12,20H,4H2,1-2H3. The predicted octanol–water partition coefficient (Wildman–Crippen LogP) is 3.59. The van der Waals surface area contributed by atoms with Gasteiger partial charge in [0.25, 0.3) is 0 Å². The number of aliphatic hydroxyl groups is 1. The van der Waals surface area contributed by atoms with Gasteiger partial charge >= 0.3 is 0 Å². The summed E-state index contributed by atoms with van der Waals surface area (Å²) in [5.74, 6) is -1.54. The van der Waals surface area contributed by atoms with E-state index in [0.717, 1.165) is 12.1 Å². The van der Waals surface area contributed by atoms with Gasteiger partial charge in [-0.25, -0.2) is 8.78 Å². The summed E-state index contributed by atoms with van der Waals surface area (Å²) in [6.07, 6.45) is -1.20. The molecule has 2 aromatic rings. The molecule has 1 heterocycles. The van der Waals surface area contributed by atoms with Crippen molar-refractivity contribution in [2.45, 2.75) is 19.4 Å². The normalized spacial score (nSPS) is 12.8. The van der Waals surface area contributed by atoms with E-state index in [1.807, 2.05) is 0 Å². The second-order valence-electron chi connectivity index (χ2n) is 4.49. The lowest BCUT2D eigenvalue weighted by Crippen LogP contribution is -2.06. The monoisotopic (exact) mass is 320 g/mol. The number of aryl methyl sites for hydroxylation is 2. The molecule has 3 nitrogen and oxygen atoms in total. The quantitative estimate of drug-likeness (QED) is 0.878. The maximum atomic E-state index is 13.7. The summed E-state index contributed by atoms with van der Waals surface area (Å²) in [6.45, 7) is 1.73.